The second kappa shape index (κ2) is 4.33. The van der Waals surface area contributed by atoms with Crippen LogP contribution in [-0.2, 0) is 0 Å². The summed E-state index contributed by atoms with van der Waals surface area (Å²) in [6, 6.07) is 9.36. The molecular weight excluding hydrogens is 220 g/mol. The first-order valence-corrected chi connectivity index (χ1v) is 5.54. The number of rotatable bonds is 2. The number of nitriles is 1. The van der Waals surface area contributed by atoms with E-state index in [4.69, 9.17) is 15.4 Å². The van der Waals surface area contributed by atoms with Crippen LogP contribution in [0.4, 0.5) is 5.69 Å². The van der Waals surface area contributed by atoms with E-state index in [1.807, 2.05) is 25.1 Å². The highest BCUT2D eigenvalue weighted by Gasteiger charge is 2.05. The summed E-state index contributed by atoms with van der Waals surface area (Å²) in [5.74, 6) is 0.882. The van der Waals surface area contributed by atoms with E-state index in [0.717, 1.165) is 15.6 Å². The molecular formula is C12H10N2OS. The van der Waals surface area contributed by atoms with Gasteiger partial charge in [0.25, 0.3) is 0 Å². The molecule has 0 radical (unpaired) electrons. The summed E-state index contributed by atoms with van der Waals surface area (Å²) in [4.78, 5) is 2.06. The van der Waals surface area contributed by atoms with E-state index in [-0.39, 0.29) is 0 Å². The Bertz CT molecular complexity index is 554. The molecule has 16 heavy (non-hydrogen) atoms. The second-order valence-electron chi connectivity index (χ2n) is 3.30. The highest BCUT2D eigenvalue weighted by atomic mass is 32.2. The van der Waals surface area contributed by atoms with Crippen LogP contribution in [0.1, 0.15) is 11.3 Å². The van der Waals surface area contributed by atoms with Crippen molar-refractivity contribution in [1.29, 1.82) is 5.26 Å². The number of hydrogen-bond donors (Lipinski definition) is 1. The minimum atomic E-state index is 0.508. The first-order valence-electron chi connectivity index (χ1n) is 4.72. The molecule has 0 saturated carbocycles. The Hall–Kier alpha value is -1.86. The van der Waals surface area contributed by atoms with Crippen molar-refractivity contribution < 1.29 is 4.42 Å². The molecule has 0 bridgehead atoms. The van der Waals surface area contributed by atoms with Crippen LogP contribution < -0.4 is 5.73 Å². The number of aryl methyl sites for hydroxylation is 1. The minimum absolute atomic E-state index is 0.508. The van der Waals surface area contributed by atoms with Gasteiger partial charge >= 0.3 is 0 Å². The normalized spacial score (nSPS) is 10.0. The largest absolute Gasteiger partial charge is 0.468 e. The average molecular weight is 230 g/mol. The van der Waals surface area contributed by atoms with Gasteiger partial charge in [-0.1, -0.05) is 11.8 Å². The lowest BCUT2D eigenvalue weighted by atomic mass is 10.2. The highest BCUT2D eigenvalue weighted by molar-refractivity contribution is 7.99. The van der Waals surface area contributed by atoms with E-state index >= 15 is 0 Å². The van der Waals surface area contributed by atoms with Gasteiger partial charge in [0.2, 0.25) is 0 Å². The molecule has 0 amide bonds. The van der Waals surface area contributed by atoms with Crippen LogP contribution in [0.5, 0.6) is 0 Å². The van der Waals surface area contributed by atoms with Crippen LogP contribution in [0.2, 0.25) is 0 Å². The molecule has 80 valence electrons. The fraction of sp³-hybridized carbons (Fsp3) is 0.0833. The topological polar surface area (TPSA) is 63.0 Å². The van der Waals surface area contributed by atoms with Crippen LogP contribution in [0.25, 0.3) is 0 Å². The number of nitrogen functional groups attached to an aromatic ring is 1. The summed E-state index contributed by atoms with van der Waals surface area (Å²) in [6.07, 6.45) is 1.66. The molecule has 0 aliphatic carbocycles. The van der Waals surface area contributed by atoms with Crippen molar-refractivity contribution in [1.82, 2.24) is 0 Å². The van der Waals surface area contributed by atoms with E-state index < -0.39 is 0 Å². The molecule has 0 spiro atoms. The first-order chi connectivity index (χ1) is 7.70. The predicted octanol–water partition coefficient (Wildman–Crippen LogP) is 3.19. The molecule has 0 unspecified atom stereocenters. The van der Waals surface area contributed by atoms with E-state index in [1.54, 1.807) is 30.2 Å². The van der Waals surface area contributed by atoms with Crippen LogP contribution >= 0.6 is 11.8 Å². The molecule has 2 N–H and O–H groups in total. The SMILES string of the molecule is Cc1occc1Sc1ccc(C#N)c(N)c1. The molecule has 1 heterocycles. The Labute approximate surface area is 97.9 Å². The summed E-state index contributed by atoms with van der Waals surface area (Å²) < 4.78 is 5.21. The quantitative estimate of drug-likeness (QED) is 0.805. The van der Waals surface area contributed by atoms with Gasteiger partial charge in [-0.15, -0.1) is 0 Å². The van der Waals surface area contributed by atoms with Gasteiger partial charge in [0.05, 0.1) is 22.4 Å². The summed E-state index contributed by atoms with van der Waals surface area (Å²) in [6.45, 7) is 1.91. The number of nitrogens with zero attached hydrogens (tertiary/aromatic N) is 1. The van der Waals surface area contributed by atoms with Crippen molar-refractivity contribution in [3.8, 4) is 6.07 Å². The zero-order chi connectivity index (χ0) is 11.5. The number of anilines is 1. The highest BCUT2D eigenvalue weighted by Crippen LogP contribution is 2.32. The molecule has 0 aliphatic heterocycles. The van der Waals surface area contributed by atoms with Gasteiger partial charge in [0, 0.05) is 4.90 Å². The summed E-state index contributed by atoms with van der Waals surface area (Å²) in [5, 5.41) is 8.76. The van der Waals surface area contributed by atoms with E-state index in [2.05, 4.69) is 0 Å². The zero-order valence-electron chi connectivity index (χ0n) is 8.73. The van der Waals surface area contributed by atoms with Crippen molar-refractivity contribution in [3.63, 3.8) is 0 Å². The maximum absolute atomic E-state index is 8.76. The molecule has 3 nitrogen and oxygen atoms in total. The van der Waals surface area contributed by atoms with Crippen LogP contribution in [-0.4, -0.2) is 0 Å². The first kappa shape index (κ1) is 10.7. The standard InChI is InChI=1S/C12H10N2OS/c1-8-12(4-5-15-8)16-10-3-2-9(7-13)11(14)6-10/h2-6H,14H2,1H3. The maximum Gasteiger partial charge on any atom is 0.114 e. The van der Waals surface area contributed by atoms with Gasteiger partial charge in [0.15, 0.2) is 0 Å². The molecule has 1 aromatic carbocycles. The Kier molecular flexibility index (Phi) is 2.88. The lowest BCUT2D eigenvalue weighted by molar-refractivity contribution is 0.527. The smallest absolute Gasteiger partial charge is 0.114 e. The van der Waals surface area contributed by atoms with Crippen LogP contribution in [0.3, 0.4) is 0 Å². The average Bonchev–Trinajstić information content (AvgIpc) is 2.65. The van der Waals surface area contributed by atoms with Gasteiger partial charge < -0.3 is 10.2 Å². The molecule has 0 aliphatic rings. The predicted molar refractivity (Wildman–Crippen MR) is 63.1 cm³/mol. The summed E-state index contributed by atoms with van der Waals surface area (Å²) >= 11 is 1.57. The Morgan fingerprint density at radius 1 is 1.38 bits per heavy atom. The lowest BCUT2D eigenvalue weighted by Crippen LogP contribution is -1.89. The van der Waals surface area contributed by atoms with Crippen molar-refractivity contribution in [2.24, 2.45) is 0 Å². The van der Waals surface area contributed by atoms with Crippen molar-refractivity contribution in [3.05, 3.63) is 41.9 Å². The molecule has 4 heteroatoms. The minimum Gasteiger partial charge on any atom is -0.468 e. The van der Waals surface area contributed by atoms with Crippen LogP contribution in [0.15, 0.2) is 44.7 Å². The third kappa shape index (κ3) is 2.05. The van der Waals surface area contributed by atoms with E-state index in [1.165, 1.54) is 0 Å². The van der Waals surface area contributed by atoms with Crippen molar-refractivity contribution >= 4 is 17.4 Å². The maximum atomic E-state index is 8.76. The third-order valence-corrected chi connectivity index (χ3v) is 3.32. The van der Waals surface area contributed by atoms with E-state index in [0.29, 0.717) is 11.3 Å². The number of benzene rings is 1. The van der Waals surface area contributed by atoms with Gasteiger partial charge in [-0.3, -0.25) is 0 Å². The van der Waals surface area contributed by atoms with Crippen molar-refractivity contribution in [2.45, 2.75) is 16.7 Å². The van der Waals surface area contributed by atoms with Crippen molar-refractivity contribution in [2.75, 3.05) is 5.73 Å². The number of furan rings is 1. The van der Waals surface area contributed by atoms with Gasteiger partial charge in [-0.2, -0.15) is 5.26 Å². The Morgan fingerprint density at radius 3 is 2.75 bits per heavy atom. The molecule has 0 fully saturated rings. The number of nitrogens with two attached hydrogens (primary N) is 1. The monoisotopic (exact) mass is 230 g/mol. The molecule has 2 aromatic rings. The Balaban J connectivity index is 2.27. The lowest BCUT2D eigenvalue weighted by Gasteiger charge is -2.02. The number of hydrogen-bond acceptors (Lipinski definition) is 4. The molecule has 0 atom stereocenters. The van der Waals surface area contributed by atoms with Gasteiger partial charge in [-0.05, 0) is 31.2 Å². The van der Waals surface area contributed by atoms with Gasteiger partial charge in [-0.25, -0.2) is 0 Å². The fourth-order valence-corrected chi connectivity index (χ4v) is 2.20. The van der Waals surface area contributed by atoms with Gasteiger partial charge in [0.1, 0.15) is 11.8 Å². The van der Waals surface area contributed by atoms with Crippen LogP contribution in [0, 0.1) is 18.3 Å². The second-order valence-corrected chi connectivity index (χ2v) is 4.42. The fourth-order valence-electron chi connectivity index (χ4n) is 1.31. The zero-order valence-corrected chi connectivity index (χ0v) is 9.54. The molecule has 2 rings (SSSR count). The molecule has 1 aromatic heterocycles. The molecule has 0 saturated heterocycles. The third-order valence-electron chi connectivity index (χ3n) is 2.18. The Morgan fingerprint density at radius 2 is 2.19 bits per heavy atom. The summed E-state index contributed by atoms with van der Waals surface area (Å²) in [7, 11) is 0. The van der Waals surface area contributed by atoms with E-state index in [9.17, 15) is 0 Å². The summed E-state index contributed by atoms with van der Waals surface area (Å²) in [5.41, 5.74) is 6.76.